The minimum Gasteiger partial charge on any atom is -0.494 e. The van der Waals surface area contributed by atoms with Crippen LogP contribution in [0.3, 0.4) is 0 Å². The van der Waals surface area contributed by atoms with Gasteiger partial charge in [-0.25, -0.2) is 0 Å². The smallest absolute Gasteiger partial charge is 0.262 e. The molecule has 23 heavy (non-hydrogen) atoms. The van der Waals surface area contributed by atoms with E-state index in [0.29, 0.717) is 23.6 Å². The maximum Gasteiger partial charge on any atom is 0.262 e. The van der Waals surface area contributed by atoms with Gasteiger partial charge in [-0.2, -0.15) is 0 Å². The zero-order valence-corrected chi connectivity index (χ0v) is 12.7. The van der Waals surface area contributed by atoms with E-state index in [4.69, 9.17) is 15.2 Å². The van der Waals surface area contributed by atoms with Gasteiger partial charge in [0.05, 0.1) is 6.61 Å². The summed E-state index contributed by atoms with van der Waals surface area (Å²) in [7, 11) is 0. The van der Waals surface area contributed by atoms with Gasteiger partial charge in [0.1, 0.15) is 11.5 Å². The fourth-order valence-corrected chi connectivity index (χ4v) is 1.89. The van der Waals surface area contributed by atoms with Crippen LogP contribution in [0.25, 0.3) is 0 Å². The Balaban J connectivity index is 1.87. The molecule has 2 rings (SSSR count). The second kappa shape index (κ2) is 7.84. The fraction of sp³-hybridized carbons (Fsp3) is 0.176. The number of carbonyl (C=O) groups excluding carboxylic acids is 2. The van der Waals surface area contributed by atoms with Gasteiger partial charge in [-0.15, -0.1) is 0 Å². The summed E-state index contributed by atoms with van der Waals surface area (Å²) in [6.07, 6.45) is 0. The predicted octanol–water partition coefficient (Wildman–Crippen LogP) is 2.20. The lowest BCUT2D eigenvalue weighted by atomic mass is 10.2. The summed E-state index contributed by atoms with van der Waals surface area (Å²) in [5.41, 5.74) is 6.01. The first-order valence-corrected chi connectivity index (χ1v) is 7.14. The number of carbonyl (C=O) groups is 2. The molecule has 0 bridgehead atoms. The Morgan fingerprint density at radius 2 is 1.70 bits per heavy atom. The van der Waals surface area contributed by atoms with Crippen molar-refractivity contribution in [3.63, 3.8) is 0 Å². The third-order valence-electron chi connectivity index (χ3n) is 2.94. The van der Waals surface area contributed by atoms with Crippen LogP contribution in [0.2, 0.25) is 0 Å². The van der Waals surface area contributed by atoms with Gasteiger partial charge in [0.25, 0.3) is 5.91 Å². The average Bonchev–Trinajstić information content (AvgIpc) is 2.55. The molecule has 0 unspecified atom stereocenters. The predicted molar refractivity (Wildman–Crippen MR) is 86.7 cm³/mol. The first-order chi connectivity index (χ1) is 11.1. The molecule has 2 aromatic rings. The molecule has 0 spiro atoms. The number of hydrogen-bond acceptors (Lipinski definition) is 4. The van der Waals surface area contributed by atoms with E-state index in [1.807, 2.05) is 6.92 Å². The highest BCUT2D eigenvalue weighted by Crippen LogP contribution is 2.17. The number of anilines is 1. The monoisotopic (exact) mass is 314 g/mol. The second-order valence-electron chi connectivity index (χ2n) is 4.69. The van der Waals surface area contributed by atoms with Crippen molar-refractivity contribution in [1.29, 1.82) is 0 Å². The Morgan fingerprint density at radius 1 is 1.04 bits per heavy atom. The number of rotatable bonds is 7. The molecule has 0 radical (unpaired) electrons. The van der Waals surface area contributed by atoms with Gasteiger partial charge in [-0.05, 0) is 49.4 Å². The Bertz CT molecular complexity index is 683. The summed E-state index contributed by atoms with van der Waals surface area (Å²) >= 11 is 0. The van der Waals surface area contributed by atoms with Crippen LogP contribution in [0.15, 0.2) is 48.5 Å². The maximum absolute atomic E-state index is 11.9. The standard InChI is InChI=1S/C17H18N2O4/c1-2-22-14-6-8-15(9-7-14)23-11-16(20)19-13-5-3-4-12(10-13)17(18)21/h3-10H,2,11H2,1H3,(H2,18,21)(H,19,20). The van der Waals surface area contributed by atoms with Crippen molar-refractivity contribution in [2.75, 3.05) is 18.5 Å². The Labute approximate surface area is 134 Å². The van der Waals surface area contributed by atoms with Crippen molar-refractivity contribution in [3.05, 3.63) is 54.1 Å². The van der Waals surface area contributed by atoms with E-state index < -0.39 is 5.91 Å². The van der Waals surface area contributed by atoms with Crippen LogP contribution in [0.1, 0.15) is 17.3 Å². The number of ether oxygens (including phenoxy) is 2. The molecule has 6 heteroatoms. The first-order valence-electron chi connectivity index (χ1n) is 7.14. The van der Waals surface area contributed by atoms with Crippen molar-refractivity contribution in [2.24, 2.45) is 5.73 Å². The van der Waals surface area contributed by atoms with E-state index in [-0.39, 0.29) is 12.5 Å². The maximum atomic E-state index is 11.9. The third kappa shape index (κ3) is 5.03. The van der Waals surface area contributed by atoms with Gasteiger partial charge in [0.15, 0.2) is 6.61 Å². The number of hydrogen-bond donors (Lipinski definition) is 2. The van der Waals surface area contributed by atoms with Gasteiger partial charge in [0.2, 0.25) is 5.91 Å². The van der Waals surface area contributed by atoms with E-state index in [2.05, 4.69) is 5.32 Å². The molecular formula is C17H18N2O4. The molecule has 120 valence electrons. The molecule has 0 atom stereocenters. The first kappa shape index (κ1) is 16.4. The average molecular weight is 314 g/mol. The number of primary amides is 1. The molecule has 0 saturated heterocycles. The highest BCUT2D eigenvalue weighted by Gasteiger charge is 2.06. The molecule has 2 amide bonds. The molecule has 0 aliphatic rings. The zero-order chi connectivity index (χ0) is 16.7. The molecule has 0 heterocycles. The van der Waals surface area contributed by atoms with E-state index in [1.54, 1.807) is 42.5 Å². The number of nitrogens with two attached hydrogens (primary N) is 1. The van der Waals surface area contributed by atoms with Crippen LogP contribution in [0.5, 0.6) is 11.5 Å². The van der Waals surface area contributed by atoms with Crippen LogP contribution in [0, 0.1) is 0 Å². The molecule has 3 N–H and O–H groups in total. The van der Waals surface area contributed by atoms with Gasteiger partial charge in [-0.1, -0.05) is 6.07 Å². The van der Waals surface area contributed by atoms with E-state index in [0.717, 1.165) is 5.75 Å². The molecule has 0 fully saturated rings. The summed E-state index contributed by atoms with van der Waals surface area (Å²) in [5, 5.41) is 2.64. The normalized spacial score (nSPS) is 9.96. The minimum atomic E-state index is -0.549. The third-order valence-corrected chi connectivity index (χ3v) is 2.94. The van der Waals surface area contributed by atoms with Crippen LogP contribution in [-0.2, 0) is 4.79 Å². The Kier molecular flexibility index (Phi) is 5.57. The highest BCUT2D eigenvalue weighted by atomic mass is 16.5. The van der Waals surface area contributed by atoms with Crippen molar-refractivity contribution in [3.8, 4) is 11.5 Å². The number of benzene rings is 2. The second-order valence-corrected chi connectivity index (χ2v) is 4.69. The van der Waals surface area contributed by atoms with Gasteiger partial charge in [-0.3, -0.25) is 9.59 Å². The molecule has 0 aromatic heterocycles. The molecule has 0 aliphatic heterocycles. The van der Waals surface area contributed by atoms with E-state index >= 15 is 0 Å². The lowest BCUT2D eigenvalue weighted by Gasteiger charge is -2.09. The summed E-state index contributed by atoms with van der Waals surface area (Å²) in [4.78, 5) is 23.0. The zero-order valence-electron chi connectivity index (χ0n) is 12.7. The lowest BCUT2D eigenvalue weighted by Crippen LogP contribution is -2.20. The number of nitrogens with one attached hydrogen (secondary N) is 1. The Morgan fingerprint density at radius 3 is 2.30 bits per heavy atom. The van der Waals surface area contributed by atoms with Gasteiger partial charge >= 0.3 is 0 Å². The summed E-state index contributed by atoms with van der Waals surface area (Å²) in [5.74, 6) is 0.425. The van der Waals surface area contributed by atoms with Crippen LogP contribution in [0.4, 0.5) is 5.69 Å². The van der Waals surface area contributed by atoms with Gasteiger partial charge in [0, 0.05) is 11.3 Å². The topological polar surface area (TPSA) is 90.7 Å². The molecule has 0 aliphatic carbocycles. The summed E-state index contributed by atoms with van der Waals surface area (Å²) in [6, 6.07) is 13.4. The summed E-state index contributed by atoms with van der Waals surface area (Å²) in [6.45, 7) is 2.35. The van der Waals surface area contributed by atoms with E-state index in [1.165, 1.54) is 6.07 Å². The lowest BCUT2D eigenvalue weighted by molar-refractivity contribution is -0.118. The SMILES string of the molecule is CCOc1ccc(OCC(=O)Nc2cccc(C(N)=O)c2)cc1. The highest BCUT2D eigenvalue weighted by molar-refractivity contribution is 5.96. The largest absolute Gasteiger partial charge is 0.494 e. The molecule has 0 saturated carbocycles. The van der Waals surface area contributed by atoms with Crippen LogP contribution in [-0.4, -0.2) is 25.0 Å². The molecule has 2 aromatic carbocycles. The van der Waals surface area contributed by atoms with Crippen molar-refractivity contribution >= 4 is 17.5 Å². The van der Waals surface area contributed by atoms with Crippen molar-refractivity contribution < 1.29 is 19.1 Å². The van der Waals surface area contributed by atoms with Gasteiger partial charge < -0.3 is 20.5 Å². The van der Waals surface area contributed by atoms with Crippen LogP contribution >= 0.6 is 0 Å². The Hall–Kier alpha value is -3.02. The quantitative estimate of drug-likeness (QED) is 0.819. The number of amides is 2. The molecule has 6 nitrogen and oxygen atoms in total. The molecular weight excluding hydrogens is 296 g/mol. The minimum absolute atomic E-state index is 0.144. The summed E-state index contributed by atoms with van der Waals surface area (Å²) < 4.78 is 10.7. The van der Waals surface area contributed by atoms with Crippen molar-refractivity contribution in [1.82, 2.24) is 0 Å². The van der Waals surface area contributed by atoms with Crippen LogP contribution < -0.4 is 20.5 Å². The van der Waals surface area contributed by atoms with E-state index in [9.17, 15) is 9.59 Å². The van der Waals surface area contributed by atoms with Crippen molar-refractivity contribution in [2.45, 2.75) is 6.92 Å². The fourth-order valence-electron chi connectivity index (χ4n) is 1.89.